The molecule has 0 aromatic heterocycles. The molecule has 5 atom stereocenters. The number of epoxide rings is 1. The second-order valence-electron chi connectivity index (χ2n) is 8.30. The quantitative estimate of drug-likeness (QED) is 0.583. The lowest BCUT2D eigenvalue weighted by Crippen LogP contribution is -2.52. The van der Waals surface area contributed by atoms with Crippen molar-refractivity contribution >= 4 is 0 Å². The van der Waals surface area contributed by atoms with E-state index in [2.05, 4.69) is 39.8 Å². The monoisotopic (exact) mass is 320 g/mol. The number of ether oxygens (including phenoxy) is 2. The molecule has 0 aliphatic carbocycles. The average molecular weight is 320 g/mol. The third-order valence-electron chi connectivity index (χ3n) is 6.13. The second kappa shape index (κ2) is 6.34. The van der Waals surface area contributed by atoms with Gasteiger partial charge in [-0.1, -0.05) is 23.3 Å². The Bertz CT molecular complexity index is 503. The predicted octanol–water partition coefficient (Wildman–Crippen LogP) is 4.16. The molecule has 3 heteroatoms. The van der Waals surface area contributed by atoms with Crippen LogP contribution in [0.3, 0.4) is 0 Å². The summed E-state index contributed by atoms with van der Waals surface area (Å²) in [6.45, 7) is 9.50. The molecule has 23 heavy (non-hydrogen) atoms. The highest BCUT2D eigenvalue weighted by Gasteiger charge is 2.54. The van der Waals surface area contributed by atoms with Crippen LogP contribution in [0, 0.1) is 5.92 Å². The molecule has 2 bridgehead atoms. The maximum absolute atomic E-state index is 10.7. The lowest BCUT2D eigenvalue weighted by atomic mass is 9.76. The van der Waals surface area contributed by atoms with Gasteiger partial charge in [0.15, 0.2) is 0 Å². The maximum Gasteiger partial charge on any atom is 0.0944 e. The standard InChI is InChI=1S/C20H32O3/c1-14-6-5-7-15(2)12-17-16(20(4)13-22-20)10-11-19(3,23-17)18(21)9-8-14/h6,12,16-18,21H,5,7-11,13H2,1-4H3/b14-6+,15-12+/t16-,17-,18-,19-,20+/m1/s1. The van der Waals surface area contributed by atoms with Crippen molar-refractivity contribution in [3.8, 4) is 0 Å². The molecule has 3 aliphatic rings. The molecule has 2 fully saturated rings. The molecule has 0 saturated carbocycles. The summed E-state index contributed by atoms with van der Waals surface area (Å²) in [5.74, 6) is 0.401. The lowest BCUT2D eigenvalue weighted by molar-refractivity contribution is -0.185. The Kier molecular flexibility index (Phi) is 4.74. The Morgan fingerprint density at radius 1 is 1.09 bits per heavy atom. The number of fused-ring (bicyclic) bond motifs is 2. The van der Waals surface area contributed by atoms with Gasteiger partial charge in [-0.05, 0) is 66.2 Å². The minimum absolute atomic E-state index is 0.0265. The molecule has 0 aromatic carbocycles. The van der Waals surface area contributed by atoms with Gasteiger partial charge in [0, 0.05) is 5.92 Å². The molecular formula is C20H32O3. The van der Waals surface area contributed by atoms with Crippen molar-refractivity contribution in [3.05, 3.63) is 23.3 Å². The molecule has 1 N–H and O–H groups in total. The summed E-state index contributed by atoms with van der Waals surface area (Å²) in [4.78, 5) is 0. The van der Waals surface area contributed by atoms with E-state index in [1.165, 1.54) is 11.1 Å². The van der Waals surface area contributed by atoms with Crippen LogP contribution in [0.4, 0.5) is 0 Å². The van der Waals surface area contributed by atoms with Gasteiger partial charge in [-0.2, -0.15) is 0 Å². The van der Waals surface area contributed by atoms with Gasteiger partial charge in [0.2, 0.25) is 0 Å². The van der Waals surface area contributed by atoms with E-state index in [9.17, 15) is 5.11 Å². The fourth-order valence-corrected chi connectivity index (χ4v) is 4.12. The van der Waals surface area contributed by atoms with Crippen LogP contribution in [0.25, 0.3) is 0 Å². The summed E-state index contributed by atoms with van der Waals surface area (Å²) in [6, 6.07) is 0. The van der Waals surface area contributed by atoms with Crippen LogP contribution in [0.5, 0.6) is 0 Å². The van der Waals surface area contributed by atoms with E-state index in [4.69, 9.17) is 9.47 Å². The summed E-state index contributed by atoms with van der Waals surface area (Å²) >= 11 is 0. The smallest absolute Gasteiger partial charge is 0.0944 e. The van der Waals surface area contributed by atoms with E-state index in [-0.39, 0.29) is 11.7 Å². The predicted molar refractivity (Wildman–Crippen MR) is 92.3 cm³/mol. The van der Waals surface area contributed by atoms with Gasteiger partial charge in [-0.25, -0.2) is 0 Å². The van der Waals surface area contributed by atoms with Crippen molar-refractivity contribution < 1.29 is 14.6 Å². The molecule has 0 aromatic rings. The highest BCUT2D eigenvalue weighted by molar-refractivity contribution is 5.14. The normalized spacial score (nSPS) is 49.9. The first-order valence-electron chi connectivity index (χ1n) is 9.15. The van der Waals surface area contributed by atoms with Crippen molar-refractivity contribution in [1.29, 1.82) is 0 Å². The topological polar surface area (TPSA) is 42.0 Å². The highest BCUT2D eigenvalue weighted by atomic mass is 16.6. The van der Waals surface area contributed by atoms with Crippen LogP contribution < -0.4 is 0 Å². The fourth-order valence-electron chi connectivity index (χ4n) is 4.12. The van der Waals surface area contributed by atoms with Crippen LogP contribution in [0.2, 0.25) is 0 Å². The second-order valence-corrected chi connectivity index (χ2v) is 8.30. The summed E-state index contributed by atoms with van der Waals surface area (Å²) in [5.41, 5.74) is 2.29. The van der Waals surface area contributed by atoms with Gasteiger partial charge >= 0.3 is 0 Å². The molecule has 3 nitrogen and oxygen atoms in total. The zero-order chi connectivity index (χ0) is 16.7. The summed E-state index contributed by atoms with van der Waals surface area (Å²) in [5, 5.41) is 10.7. The number of hydrogen-bond acceptors (Lipinski definition) is 3. The van der Waals surface area contributed by atoms with Crippen LogP contribution >= 0.6 is 0 Å². The lowest BCUT2D eigenvalue weighted by Gasteiger charge is -2.46. The first-order valence-corrected chi connectivity index (χ1v) is 9.15. The Hall–Kier alpha value is -0.640. The van der Waals surface area contributed by atoms with E-state index in [1.54, 1.807) is 0 Å². The first-order chi connectivity index (χ1) is 10.8. The van der Waals surface area contributed by atoms with E-state index in [0.717, 1.165) is 45.1 Å². The Morgan fingerprint density at radius 3 is 2.52 bits per heavy atom. The van der Waals surface area contributed by atoms with Gasteiger partial charge in [-0.3, -0.25) is 0 Å². The molecule has 3 rings (SSSR count). The third-order valence-corrected chi connectivity index (χ3v) is 6.13. The van der Waals surface area contributed by atoms with Crippen molar-refractivity contribution in [2.24, 2.45) is 5.92 Å². The van der Waals surface area contributed by atoms with Crippen LogP contribution in [-0.2, 0) is 9.47 Å². The average Bonchev–Trinajstić information content (AvgIpc) is 3.22. The minimum atomic E-state index is -0.442. The largest absolute Gasteiger partial charge is 0.390 e. The third kappa shape index (κ3) is 3.72. The number of allylic oxidation sites excluding steroid dienone is 3. The maximum atomic E-state index is 10.7. The number of aliphatic hydroxyl groups is 1. The Morgan fingerprint density at radius 2 is 1.83 bits per heavy atom. The Labute approximate surface area is 140 Å². The molecule has 0 amide bonds. The summed E-state index contributed by atoms with van der Waals surface area (Å²) in [7, 11) is 0. The SMILES string of the molecule is C/C1=C\[C@H]2O[C@](C)(CC[C@H]2[C@]2(C)CO2)[C@H](O)CC/C(C)=C/CC1. The van der Waals surface area contributed by atoms with Crippen molar-refractivity contribution in [1.82, 2.24) is 0 Å². The molecule has 130 valence electrons. The molecule has 0 radical (unpaired) electrons. The molecule has 3 aliphatic heterocycles. The summed E-state index contributed by atoms with van der Waals surface area (Å²) < 4.78 is 12.2. The fraction of sp³-hybridized carbons (Fsp3) is 0.800. The minimum Gasteiger partial charge on any atom is -0.390 e. The van der Waals surface area contributed by atoms with Gasteiger partial charge in [0.05, 0.1) is 30.0 Å². The van der Waals surface area contributed by atoms with E-state index in [0.29, 0.717) is 5.92 Å². The van der Waals surface area contributed by atoms with Crippen molar-refractivity contribution in [3.63, 3.8) is 0 Å². The molecule has 2 saturated heterocycles. The van der Waals surface area contributed by atoms with E-state index >= 15 is 0 Å². The van der Waals surface area contributed by atoms with Gasteiger partial charge in [0.25, 0.3) is 0 Å². The number of hydrogen-bond donors (Lipinski definition) is 1. The molecule has 3 heterocycles. The van der Waals surface area contributed by atoms with Gasteiger partial charge in [-0.15, -0.1) is 0 Å². The number of rotatable bonds is 1. The summed E-state index contributed by atoms with van der Waals surface area (Å²) in [6.07, 6.45) is 10.1. The van der Waals surface area contributed by atoms with Crippen LogP contribution in [0.1, 0.15) is 66.2 Å². The van der Waals surface area contributed by atoms with Crippen molar-refractivity contribution in [2.45, 2.75) is 89.6 Å². The zero-order valence-electron chi connectivity index (χ0n) is 15.1. The van der Waals surface area contributed by atoms with Crippen LogP contribution in [0.15, 0.2) is 23.3 Å². The molecule has 0 unspecified atom stereocenters. The first kappa shape index (κ1) is 17.2. The van der Waals surface area contributed by atoms with Crippen molar-refractivity contribution in [2.75, 3.05) is 6.61 Å². The Balaban J connectivity index is 1.87. The molecular weight excluding hydrogens is 288 g/mol. The van der Waals surface area contributed by atoms with E-state index in [1.807, 2.05) is 0 Å². The highest BCUT2D eigenvalue weighted by Crippen LogP contribution is 2.47. The molecule has 0 spiro atoms. The van der Waals surface area contributed by atoms with Gasteiger partial charge in [0.1, 0.15) is 0 Å². The van der Waals surface area contributed by atoms with Gasteiger partial charge < -0.3 is 14.6 Å². The van der Waals surface area contributed by atoms with Crippen LogP contribution in [-0.4, -0.2) is 35.1 Å². The zero-order valence-corrected chi connectivity index (χ0v) is 15.1. The van der Waals surface area contributed by atoms with E-state index < -0.39 is 11.7 Å². The number of aliphatic hydroxyl groups excluding tert-OH is 1.